The van der Waals surface area contributed by atoms with E-state index < -0.39 is 0 Å². The average molecular weight is 392 g/mol. The molecule has 0 fully saturated rings. The van der Waals surface area contributed by atoms with Gasteiger partial charge in [-0.25, -0.2) is 0 Å². The molecule has 0 aliphatic carbocycles. The first-order valence-electron chi connectivity index (χ1n) is 2.75. The van der Waals surface area contributed by atoms with Gasteiger partial charge in [0.25, 0.3) is 0 Å². The molecular formula is C7H3ClI2O. The summed E-state index contributed by atoms with van der Waals surface area (Å²) in [5, 5.41) is 0.671. The summed E-state index contributed by atoms with van der Waals surface area (Å²) in [7, 11) is 0. The molecule has 1 aromatic rings. The highest BCUT2D eigenvalue weighted by molar-refractivity contribution is 14.1. The van der Waals surface area contributed by atoms with Crippen molar-refractivity contribution in [2.45, 2.75) is 0 Å². The lowest BCUT2D eigenvalue weighted by atomic mass is 10.2. The molecule has 0 radical (unpaired) electrons. The van der Waals surface area contributed by atoms with Crippen molar-refractivity contribution in [3.8, 4) is 0 Å². The van der Waals surface area contributed by atoms with E-state index in [1.54, 1.807) is 12.1 Å². The van der Waals surface area contributed by atoms with Crippen molar-refractivity contribution < 1.29 is 4.79 Å². The highest BCUT2D eigenvalue weighted by Gasteiger charge is 2.04. The third-order valence-corrected chi connectivity index (χ3v) is 3.16. The van der Waals surface area contributed by atoms with Crippen LogP contribution in [0.5, 0.6) is 0 Å². The molecule has 0 atom stereocenters. The molecule has 0 N–H and O–H groups in total. The molecule has 0 aliphatic heterocycles. The van der Waals surface area contributed by atoms with Gasteiger partial charge in [-0.2, -0.15) is 0 Å². The van der Waals surface area contributed by atoms with Crippen molar-refractivity contribution in [3.63, 3.8) is 0 Å². The van der Waals surface area contributed by atoms with E-state index in [1.807, 2.05) is 0 Å². The summed E-state index contributed by atoms with van der Waals surface area (Å²) in [4.78, 5) is 10.5. The maximum absolute atomic E-state index is 10.5. The molecule has 0 unspecified atom stereocenters. The summed E-state index contributed by atoms with van der Waals surface area (Å²) in [5.74, 6) is 0. The maximum Gasteiger partial charge on any atom is 0.152 e. The second kappa shape index (κ2) is 4.04. The highest BCUT2D eigenvalue weighted by Crippen LogP contribution is 2.22. The Hall–Kier alpha value is 0.640. The first kappa shape index (κ1) is 9.73. The minimum Gasteiger partial charge on any atom is -0.298 e. The fourth-order valence-electron chi connectivity index (χ4n) is 0.666. The van der Waals surface area contributed by atoms with E-state index in [4.69, 9.17) is 11.6 Å². The zero-order valence-corrected chi connectivity index (χ0v) is 10.3. The van der Waals surface area contributed by atoms with Crippen molar-refractivity contribution in [1.82, 2.24) is 0 Å². The standard InChI is InChI=1S/C7H3ClI2O/c8-4-1-6(9)5(3-11)7(10)2-4/h1-3H. The van der Waals surface area contributed by atoms with Crippen molar-refractivity contribution in [2.24, 2.45) is 0 Å². The number of hydrogen-bond donors (Lipinski definition) is 0. The van der Waals surface area contributed by atoms with Crippen LogP contribution in [0, 0.1) is 7.14 Å². The summed E-state index contributed by atoms with van der Waals surface area (Å²) >= 11 is 9.94. The fraction of sp³-hybridized carbons (Fsp3) is 0. The number of rotatable bonds is 1. The normalized spacial score (nSPS) is 9.73. The molecule has 11 heavy (non-hydrogen) atoms. The zero-order valence-electron chi connectivity index (χ0n) is 5.27. The van der Waals surface area contributed by atoms with Crippen LogP contribution in [0.3, 0.4) is 0 Å². The van der Waals surface area contributed by atoms with Crippen LogP contribution in [0.4, 0.5) is 0 Å². The Morgan fingerprint density at radius 3 is 2.09 bits per heavy atom. The maximum atomic E-state index is 10.5. The van der Waals surface area contributed by atoms with Crippen molar-refractivity contribution in [3.05, 3.63) is 29.9 Å². The molecule has 0 saturated carbocycles. The van der Waals surface area contributed by atoms with Gasteiger partial charge in [0.1, 0.15) is 0 Å². The van der Waals surface area contributed by atoms with Crippen LogP contribution in [-0.2, 0) is 0 Å². The summed E-state index contributed by atoms with van der Waals surface area (Å²) in [5.41, 5.74) is 0.718. The molecule has 0 spiro atoms. The molecule has 0 aliphatic rings. The van der Waals surface area contributed by atoms with Crippen molar-refractivity contribution in [1.29, 1.82) is 0 Å². The third kappa shape index (κ3) is 2.29. The Labute approximate surface area is 96.8 Å². The van der Waals surface area contributed by atoms with Gasteiger partial charge in [0.2, 0.25) is 0 Å². The SMILES string of the molecule is O=Cc1c(I)cc(Cl)cc1I. The predicted molar refractivity (Wildman–Crippen MR) is 62.3 cm³/mol. The molecule has 0 bridgehead atoms. The van der Waals surface area contributed by atoms with Crippen LogP contribution in [0.15, 0.2) is 12.1 Å². The molecule has 0 amide bonds. The lowest BCUT2D eigenvalue weighted by Gasteiger charge is -1.99. The van der Waals surface area contributed by atoms with Crippen molar-refractivity contribution in [2.75, 3.05) is 0 Å². The third-order valence-electron chi connectivity index (χ3n) is 1.16. The van der Waals surface area contributed by atoms with Crippen LogP contribution in [0.2, 0.25) is 5.02 Å². The molecule has 58 valence electrons. The number of carbonyl (C=O) groups is 1. The fourth-order valence-corrected chi connectivity index (χ4v) is 3.27. The second-order valence-electron chi connectivity index (χ2n) is 1.90. The summed E-state index contributed by atoms with van der Waals surface area (Å²) in [6.07, 6.45) is 0.847. The van der Waals surface area contributed by atoms with Gasteiger partial charge in [-0.3, -0.25) is 4.79 Å². The molecule has 0 aromatic heterocycles. The number of halogens is 3. The van der Waals surface area contributed by atoms with E-state index in [0.29, 0.717) is 5.02 Å². The van der Waals surface area contributed by atoms with E-state index in [9.17, 15) is 4.79 Å². The minimum absolute atomic E-state index is 0.671. The minimum atomic E-state index is 0.671. The van der Waals surface area contributed by atoms with Crippen LogP contribution in [0.25, 0.3) is 0 Å². The van der Waals surface area contributed by atoms with Crippen molar-refractivity contribution >= 4 is 63.1 Å². The van der Waals surface area contributed by atoms with E-state index >= 15 is 0 Å². The van der Waals surface area contributed by atoms with Gasteiger partial charge in [0, 0.05) is 17.7 Å². The Kier molecular flexibility index (Phi) is 3.57. The molecule has 1 nitrogen and oxygen atoms in total. The van der Waals surface area contributed by atoms with Crippen LogP contribution >= 0.6 is 56.8 Å². The van der Waals surface area contributed by atoms with E-state index in [2.05, 4.69) is 45.2 Å². The number of hydrogen-bond acceptors (Lipinski definition) is 1. The van der Waals surface area contributed by atoms with Gasteiger partial charge in [-0.05, 0) is 57.3 Å². The molecular weight excluding hydrogens is 389 g/mol. The van der Waals surface area contributed by atoms with Gasteiger partial charge >= 0.3 is 0 Å². The molecule has 0 saturated heterocycles. The second-order valence-corrected chi connectivity index (χ2v) is 4.66. The van der Waals surface area contributed by atoms with Gasteiger partial charge in [0.15, 0.2) is 6.29 Å². The topological polar surface area (TPSA) is 17.1 Å². The Bertz CT molecular complexity index is 275. The average Bonchev–Trinajstić information content (AvgIpc) is 1.85. The van der Waals surface area contributed by atoms with Gasteiger partial charge in [0.05, 0.1) is 0 Å². The summed E-state index contributed by atoms with van der Waals surface area (Å²) < 4.78 is 1.80. The number of aldehydes is 1. The van der Waals surface area contributed by atoms with E-state index in [0.717, 1.165) is 19.0 Å². The Balaban J connectivity index is 3.36. The molecule has 1 aromatic carbocycles. The Morgan fingerprint density at radius 2 is 1.73 bits per heavy atom. The first-order valence-corrected chi connectivity index (χ1v) is 5.28. The zero-order chi connectivity index (χ0) is 8.43. The van der Waals surface area contributed by atoms with E-state index in [1.165, 1.54) is 0 Å². The largest absolute Gasteiger partial charge is 0.298 e. The van der Waals surface area contributed by atoms with Crippen LogP contribution in [-0.4, -0.2) is 6.29 Å². The molecule has 1 rings (SSSR count). The quantitative estimate of drug-likeness (QED) is 0.529. The lowest BCUT2D eigenvalue weighted by Crippen LogP contribution is -1.90. The van der Waals surface area contributed by atoms with Crippen LogP contribution in [0.1, 0.15) is 10.4 Å². The van der Waals surface area contributed by atoms with Crippen LogP contribution < -0.4 is 0 Å². The van der Waals surface area contributed by atoms with E-state index in [-0.39, 0.29) is 0 Å². The summed E-state index contributed by atoms with van der Waals surface area (Å²) in [6, 6.07) is 3.54. The van der Waals surface area contributed by atoms with Gasteiger partial charge in [-0.15, -0.1) is 0 Å². The van der Waals surface area contributed by atoms with Gasteiger partial charge < -0.3 is 0 Å². The number of carbonyl (C=O) groups excluding carboxylic acids is 1. The lowest BCUT2D eigenvalue weighted by molar-refractivity contribution is 0.112. The molecule has 0 heterocycles. The Morgan fingerprint density at radius 1 is 1.27 bits per heavy atom. The smallest absolute Gasteiger partial charge is 0.152 e. The first-order chi connectivity index (χ1) is 5.15. The monoisotopic (exact) mass is 392 g/mol. The summed E-state index contributed by atoms with van der Waals surface area (Å²) in [6.45, 7) is 0. The van der Waals surface area contributed by atoms with Gasteiger partial charge in [-0.1, -0.05) is 11.6 Å². The highest BCUT2D eigenvalue weighted by atomic mass is 127. The number of benzene rings is 1. The predicted octanol–water partition coefficient (Wildman–Crippen LogP) is 3.36. The molecule has 4 heteroatoms.